The molecule has 1 aromatic heterocycles. The van der Waals surface area contributed by atoms with Crippen LogP contribution >= 0.6 is 23.2 Å². The lowest BCUT2D eigenvalue weighted by Gasteiger charge is -2.03. The quantitative estimate of drug-likeness (QED) is 0.794. The van der Waals surface area contributed by atoms with Crippen LogP contribution in [-0.2, 0) is 12.4 Å². The number of hydrogen-bond acceptors (Lipinski definition) is 2. The zero-order valence-electron chi connectivity index (χ0n) is 8.20. The van der Waals surface area contributed by atoms with Gasteiger partial charge >= 0.3 is 0 Å². The number of aromatic nitrogens is 3. The molecule has 2 aromatic rings. The van der Waals surface area contributed by atoms with Crippen molar-refractivity contribution in [2.45, 2.75) is 12.4 Å². The van der Waals surface area contributed by atoms with E-state index in [-0.39, 0.29) is 5.82 Å². The van der Waals surface area contributed by atoms with Crippen molar-refractivity contribution in [3.63, 3.8) is 0 Å². The molecular formula is C10H8Cl2FN3. The standard InChI is InChI=1S/C10H8Cl2FN3/c11-4-9-6-16(15-14-9)5-7-3-8(13)1-2-10(7)12/h1-3,6H,4-5H2. The van der Waals surface area contributed by atoms with E-state index >= 15 is 0 Å². The highest BCUT2D eigenvalue weighted by Gasteiger charge is 2.05. The third kappa shape index (κ3) is 2.51. The topological polar surface area (TPSA) is 30.7 Å². The van der Waals surface area contributed by atoms with Gasteiger partial charge in [0.25, 0.3) is 0 Å². The molecule has 1 heterocycles. The maximum Gasteiger partial charge on any atom is 0.123 e. The van der Waals surface area contributed by atoms with Crippen molar-refractivity contribution in [2.75, 3.05) is 0 Å². The molecule has 0 aliphatic carbocycles. The van der Waals surface area contributed by atoms with Crippen LogP contribution in [-0.4, -0.2) is 15.0 Å². The van der Waals surface area contributed by atoms with Crippen LogP contribution < -0.4 is 0 Å². The largest absolute Gasteiger partial charge is 0.248 e. The summed E-state index contributed by atoms with van der Waals surface area (Å²) in [5.74, 6) is -0.0197. The molecule has 6 heteroatoms. The molecule has 0 saturated heterocycles. The Morgan fingerprint density at radius 1 is 1.38 bits per heavy atom. The Morgan fingerprint density at radius 2 is 2.19 bits per heavy atom. The van der Waals surface area contributed by atoms with Gasteiger partial charge in [-0.15, -0.1) is 16.7 Å². The second-order valence-electron chi connectivity index (χ2n) is 3.28. The third-order valence-corrected chi connectivity index (χ3v) is 2.71. The Morgan fingerprint density at radius 3 is 2.88 bits per heavy atom. The number of rotatable bonds is 3. The van der Waals surface area contributed by atoms with Crippen LogP contribution in [0.1, 0.15) is 11.3 Å². The Bertz CT molecular complexity index is 499. The van der Waals surface area contributed by atoms with Gasteiger partial charge in [0.2, 0.25) is 0 Å². The minimum absolute atomic E-state index is 0.302. The van der Waals surface area contributed by atoms with E-state index in [4.69, 9.17) is 23.2 Å². The Hall–Kier alpha value is -1.13. The van der Waals surface area contributed by atoms with Crippen molar-refractivity contribution in [3.05, 3.63) is 46.5 Å². The monoisotopic (exact) mass is 259 g/mol. The summed E-state index contributed by atoms with van der Waals surface area (Å²) >= 11 is 11.5. The summed E-state index contributed by atoms with van der Waals surface area (Å²) < 4.78 is 14.6. The molecule has 0 unspecified atom stereocenters. The highest BCUT2D eigenvalue weighted by Crippen LogP contribution is 2.17. The van der Waals surface area contributed by atoms with Gasteiger partial charge in [0.05, 0.1) is 24.3 Å². The molecule has 84 valence electrons. The smallest absolute Gasteiger partial charge is 0.123 e. The minimum atomic E-state index is -0.322. The molecule has 0 radical (unpaired) electrons. The first-order valence-corrected chi connectivity index (χ1v) is 5.49. The molecule has 0 saturated carbocycles. The van der Waals surface area contributed by atoms with Gasteiger partial charge in [-0.25, -0.2) is 9.07 Å². The average Bonchev–Trinajstić information content (AvgIpc) is 2.71. The van der Waals surface area contributed by atoms with Gasteiger partial charge in [-0.05, 0) is 23.8 Å². The lowest BCUT2D eigenvalue weighted by atomic mass is 10.2. The molecule has 0 aliphatic rings. The highest BCUT2D eigenvalue weighted by molar-refractivity contribution is 6.31. The fourth-order valence-electron chi connectivity index (χ4n) is 1.32. The SMILES string of the molecule is Fc1ccc(Cl)c(Cn2cc(CCl)nn2)c1. The van der Waals surface area contributed by atoms with Crippen molar-refractivity contribution >= 4 is 23.2 Å². The molecular weight excluding hydrogens is 252 g/mol. The predicted octanol–water partition coefficient (Wildman–Crippen LogP) is 2.86. The van der Waals surface area contributed by atoms with E-state index in [9.17, 15) is 4.39 Å². The number of nitrogens with zero attached hydrogens (tertiary/aromatic N) is 3. The van der Waals surface area contributed by atoms with Crippen molar-refractivity contribution in [1.82, 2.24) is 15.0 Å². The van der Waals surface area contributed by atoms with E-state index in [2.05, 4.69) is 10.3 Å². The van der Waals surface area contributed by atoms with Crippen LogP contribution in [0.2, 0.25) is 5.02 Å². The summed E-state index contributed by atoms with van der Waals surface area (Å²) in [6, 6.07) is 4.22. The van der Waals surface area contributed by atoms with Gasteiger partial charge in [-0.3, -0.25) is 0 Å². The molecule has 0 N–H and O–H groups in total. The van der Waals surface area contributed by atoms with Gasteiger partial charge in [0, 0.05) is 5.02 Å². The molecule has 16 heavy (non-hydrogen) atoms. The van der Waals surface area contributed by atoms with Crippen LogP contribution in [0.15, 0.2) is 24.4 Å². The zero-order chi connectivity index (χ0) is 11.5. The molecule has 0 atom stereocenters. The Kier molecular flexibility index (Phi) is 3.41. The second kappa shape index (κ2) is 4.80. The van der Waals surface area contributed by atoms with E-state index in [0.29, 0.717) is 28.7 Å². The van der Waals surface area contributed by atoms with Crippen LogP contribution in [0.4, 0.5) is 4.39 Å². The fourth-order valence-corrected chi connectivity index (χ4v) is 1.62. The lowest BCUT2D eigenvalue weighted by molar-refractivity contribution is 0.614. The fraction of sp³-hybridized carbons (Fsp3) is 0.200. The summed E-state index contributed by atoms with van der Waals surface area (Å²) in [7, 11) is 0. The van der Waals surface area contributed by atoms with Crippen molar-refractivity contribution < 1.29 is 4.39 Å². The summed E-state index contributed by atoms with van der Waals surface area (Å²) in [6.07, 6.45) is 1.70. The van der Waals surface area contributed by atoms with E-state index in [1.807, 2.05) is 0 Å². The van der Waals surface area contributed by atoms with Crippen LogP contribution in [0.5, 0.6) is 0 Å². The molecule has 0 spiro atoms. The molecule has 3 nitrogen and oxygen atoms in total. The van der Waals surface area contributed by atoms with Gasteiger partial charge in [-0.1, -0.05) is 16.8 Å². The molecule has 0 fully saturated rings. The van der Waals surface area contributed by atoms with Gasteiger partial charge in [-0.2, -0.15) is 0 Å². The number of halogens is 3. The molecule has 0 aliphatic heterocycles. The molecule has 0 bridgehead atoms. The van der Waals surface area contributed by atoms with E-state index in [1.54, 1.807) is 10.9 Å². The normalized spacial score (nSPS) is 10.7. The second-order valence-corrected chi connectivity index (χ2v) is 3.95. The van der Waals surface area contributed by atoms with Gasteiger partial charge < -0.3 is 0 Å². The van der Waals surface area contributed by atoms with Crippen LogP contribution in [0.3, 0.4) is 0 Å². The first-order chi connectivity index (χ1) is 7.69. The maximum absolute atomic E-state index is 13.0. The molecule has 1 aromatic carbocycles. The van der Waals surface area contributed by atoms with E-state index < -0.39 is 0 Å². The zero-order valence-corrected chi connectivity index (χ0v) is 9.71. The van der Waals surface area contributed by atoms with Crippen molar-refractivity contribution in [2.24, 2.45) is 0 Å². The first-order valence-electron chi connectivity index (χ1n) is 4.58. The summed E-state index contributed by atoms with van der Waals surface area (Å²) in [5, 5.41) is 8.19. The average molecular weight is 260 g/mol. The first kappa shape index (κ1) is 11.4. The third-order valence-electron chi connectivity index (χ3n) is 2.06. The lowest BCUT2D eigenvalue weighted by Crippen LogP contribution is -2.01. The number of hydrogen-bond donors (Lipinski definition) is 0. The highest BCUT2D eigenvalue weighted by atomic mass is 35.5. The van der Waals surface area contributed by atoms with Crippen molar-refractivity contribution in [1.29, 1.82) is 0 Å². The number of alkyl halides is 1. The van der Waals surface area contributed by atoms with Crippen molar-refractivity contribution in [3.8, 4) is 0 Å². The maximum atomic E-state index is 13.0. The Labute approximate surface area is 102 Å². The summed E-state index contributed by atoms with van der Waals surface area (Å²) in [6.45, 7) is 0.375. The minimum Gasteiger partial charge on any atom is -0.248 e. The predicted molar refractivity (Wildman–Crippen MR) is 60.1 cm³/mol. The summed E-state index contributed by atoms with van der Waals surface area (Å²) in [5.41, 5.74) is 1.34. The molecule has 0 amide bonds. The van der Waals surface area contributed by atoms with Crippen LogP contribution in [0.25, 0.3) is 0 Å². The molecule has 2 rings (SSSR count). The van der Waals surface area contributed by atoms with Crippen LogP contribution in [0, 0.1) is 5.82 Å². The summed E-state index contributed by atoms with van der Waals surface area (Å²) in [4.78, 5) is 0. The van der Waals surface area contributed by atoms with E-state index in [1.165, 1.54) is 18.2 Å². The van der Waals surface area contributed by atoms with E-state index in [0.717, 1.165) is 0 Å². The van der Waals surface area contributed by atoms with Gasteiger partial charge in [0.1, 0.15) is 5.82 Å². The number of benzene rings is 1. The van der Waals surface area contributed by atoms with Gasteiger partial charge in [0.15, 0.2) is 0 Å². The Balaban J connectivity index is 2.22.